The molecule has 1 fully saturated rings. The molecule has 0 spiro atoms. The molecule has 0 radical (unpaired) electrons. The molecule has 0 bridgehead atoms. The Morgan fingerprint density at radius 2 is 2.00 bits per heavy atom. The first kappa shape index (κ1) is 11.6. The lowest BCUT2D eigenvalue weighted by Crippen LogP contribution is -1.79. The van der Waals surface area contributed by atoms with E-state index in [1.807, 2.05) is 20.0 Å². The van der Waals surface area contributed by atoms with Crippen LogP contribution in [0.1, 0.15) is 38.2 Å². The van der Waals surface area contributed by atoms with Gasteiger partial charge in [-0.25, -0.2) is 4.39 Å². The highest BCUT2D eigenvalue weighted by molar-refractivity contribution is 9.10. The van der Waals surface area contributed by atoms with E-state index >= 15 is 0 Å². The van der Waals surface area contributed by atoms with E-state index in [-0.39, 0.29) is 5.82 Å². The van der Waals surface area contributed by atoms with E-state index in [0.29, 0.717) is 5.92 Å². The Kier molecular flexibility index (Phi) is 3.33. The number of hydrogen-bond donors (Lipinski definition) is 1. The molecule has 0 saturated heterocycles. The molecule has 1 nitrogen and oxygen atoms in total. The molecule has 1 aliphatic rings. The Balaban J connectivity index is 0.000000457. The second-order valence-electron chi connectivity index (χ2n) is 3.83. The zero-order chi connectivity index (χ0) is 11.7. The fourth-order valence-electron chi connectivity index (χ4n) is 1.91. The number of aromatic amines is 1. The molecule has 0 aliphatic heterocycles. The monoisotopic (exact) mass is 283 g/mol. The molecule has 1 N–H and O–H groups in total. The van der Waals surface area contributed by atoms with Crippen LogP contribution in [0.2, 0.25) is 0 Å². The number of aromatic nitrogens is 1. The first-order chi connectivity index (χ1) is 7.75. The molecular formula is C13H15BrFN. The van der Waals surface area contributed by atoms with Gasteiger partial charge in [0.25, 0.3) is 0 Å². The summed E-state index contributed by atoms with van der Waals surface area (Å²) < 4.78 is 14.0. The Hall–Kier alpha value is -0.830. The molecule has 0 unspecified atom stereocenters. The highest BCUT2D eigenvalue weighted by atomic mass is 79.9. The molecule has 2 aromatic rings. The van der Waals surface area contributed by atoms with Gasteiger partial charge in [-0.3, -0.25) is 0 Å². The van der Waals surface area contributed by atoms with Crippen molar-refractivity contribution in [1.82, 2.24) is 4.98 Å². The van der Waals surface area contributed by atoms with Crippen molar-refractivity contribution in [3.63, 3.8) is 0 Å². The molecule has 1 heterocycles. The molecule has 1 aliphatic carbocycles. The topological polar surface area (TPSA) is 15.8 Å². The summed E-state index contributed by atoms with van der Waals surface area (Å²) in [5.41, 5.74) is 2.27. The molecule has 16 heavy (non-hydrogen) atoms. The van der Waals surface area contributed by atoms with Gasteiger partial charge in [0.1, 0.15) is 5.82 Å². The van der Waals surface area contributed by atoms with Crippen LogP contribution in [0.3, 0.4) is 0 Å². The summed E-state index contributed by atoms with van der Waals surface area (Å²) in [5, 5.41) is 1.03. The average molecular weight is 284 g/mol. The fourth-order valence-corrected chi connectivity index (χ4v) is 2.45. The van der Waals surface area contributed by atoms with Gasteiger partial charge in [-0.05, 0) is 52.4 Å². The van der Waals surface area contributed by atoms with Gasteiger partial charge in [-0.15, -0.1) is 0 Å². The Labute approximate surface area is 103 Å². The van der Waals surface area contributed by atoms with E-state index in [2.05, 4.69) is 20.9 Å². The van der Waals surface area contributed by atoms with Crippen molar-refractivity contribution in [2.75, 3.05) is 0 Å². The van der Waals surface area contributed by atoms with Crippen molar-refractivity contribution in [3.8, 4) is 0 Å². The summed E-state index contributed by atoms with van der Waals surface area (Å²) >= 11 is 3.36. The Bertz CT molecular complexity index is 500. The first-order valence-corrected chi connectivity index (χ1v) is 6.51. The van der Waals surface area contributed by atoms with E-state index in [1.54, 1.807) is 6.07 Å². The van der Waals surface area contributed by atoms with Crippen molar-refractivity contribution in [3.05, 3.63) is 34.2 Å². The maximum atomic E-state index is 13.2. The first-order valence-electron chi connectivity index (χ1n) is 5.72. The molecule has 0 atom stereocenters. The molecule has 1 aromatic carbocycles. The van der Waals surface area contributed by atoms with Gasteiger partial charge in [-0.2, -0.15) is 0 Å². The van der Waals surface area contributed by atoms with Gasteiger partial charge in [0.05, 0.1) is 5.52 Å². The largest absolute Gasteiger partial charge is 0.360 e. The number of H-pyrrole nitrogens is 1. The molecule has 3 rings (SSSR count). The second kappa shape index (κ2) is 4.58. The van der Waals surface area contributed by atoms with Gasteiger partial charge in [0, 0.05) is 16.1 Å². The standard InChI is InChI=1S/C11H9BrFN.C2H6/c12-10-4-7(13)3-8-9(6-1-2-6)5-14-11(8)10;1-2/h3-6,14H,1-2H2;1-2H3. The van der Waals surface area contributed by atoms with Gasteiger partial charge in [0.2, 0.25) is 0 Å². The van der Waals surface area contributed by atoms with Crippen LogP contribution in [0, 0.1) is 5.82 Å². The van der Waals surface area contributed by atoms with Crippen LogP contribution in [0.4, 0.5) is 4.39 Å². The molecule has 1 saturated carbocycles. The number of rotatable bonds is 1. The summed E-state index contributed by atoms with van der Waals surface area (Å²) in [5.74, 6) is 0.475. The van der Waals surface area contributed by atoms with Crippen LogP contribution in [-0.4, -0.2) is 4.98 Å². The van der Waals surface area contributed by atoms with Crippen molar-refractivity contribution < 1.29 is 4.39 Å². The summed E-state index contributed by atoms with van der Waals surface area (Å²) in [4.78, 5) is 3.19. The third kappa shape index (κ3) is 2.01. The van der Waals surface area contributed by atoms with E-state index in [1.165, 1.54) is 24.5 Å². The average Bonchev–Trinajstić information content (AvgIpc) is 3.02. The predicted molar refractivity (Wildman–Crippen MR) is 69.3 cm³/mol. The Morgan fingerprint density at radius 3 is 2.62 bits per heavy atom. The van der Waals surface area contributed by atoms with Gasteiger partial charge in [-0.1, -0.05) is 13.8 Å². The van der Waals surface area contributed by atoms with E-state index in [4.69, 9.17) is 0 Å². The second-order valence-corrected chi connectivity index (χ2v) is 4.68. The lowest BCUT2D eigenvalue weighted by Gasteiger charge is -1.97. The summed E-state index contributed by atoms with van der Waals surface area (Å²) in [6.07, 6.45) is 4.48. The molecular weight excluding hydrogens is 269 g/mol. The van der Waals surface area contributed by atoms with E-state index in [0.717, 1.165) is 15.4 Å². The van der Waals surface area contributed by atoms with Gasteiger partial charge < -0.3 is 4.98 Å². The highest BCUT2D eigenvalue weighted by Crippen LogP contribution is 2.44. The van der Waals surface area contributed by atoms with Crippen LogP contribution >= 0.6 is 15.9 Å². The van der Waals surface area contributed by atoms with Gasteiger partial charge in [0.15, 0.2) is 0 Å². The third-order valence-electron chi connectivity index (χ3n) is 2.76. The smallest absolute Gasteiger partial charge is 0.125 e. The number of fused-ring (bicyclic) bond motifs is 1. The van der Waals surface area contributed by atoms with Crippen LogP contribution in [-0.2, 0) is 0 Å². The molecule has 86 valence electrons. The minimum Gasteiger partial charge on any atom is -0.360 e. The lowest BCUT2D eigenvalue weighted by molar-refractivity contribution is 0.629. The quantitative estimate of drug-likeness (QED) is 0.760. The fraction of sp³-hybridized carbons (Fsp3) is 0.385. The van der Waals surface area contributed by atoms with Crippen LogP contribution < -0.4 is 0 Å². The number of benzene rings is 1. The number of halogens is 2. The summed E-state index contributed by atoms with van der Waals surface area (Å²) in [7, 11) is 0. The Morgan fingerprint density at radius 1 is 1.31 bits per heavy atom. The molecule has 0 amide bonds. The van der Waals surface area contributed by atoms with Crippen molar-refractivity contribution in [2.24, 2.45) is 0 Å². The lowest BCUT2D eigenvalue weighted by atomic mass is 10.1. The minimum absolute atomic E-state index is 0.175. The highest BCUT2D eigenvalue weighted by Gasteiger charge is 2.26. The normalized spacial score (nSPS) is 14.8. The summed E-state index contributed by atoms with van der Waals surface area (Å²) in [6, 6.07) is 3.11. The van der Waals surface area contributed by atoms with Crippen LogP contribution in [0.25, 0.3) is 10.9 Å². The number of hydrogen-bond acceptors (Lipinski definition) is 0. The van der Waals surface area contributed by atoms with E-state index in [9.17, 15) is 4.39 Å². The summed E-state index contributed by atoms with van der Waals surface area (Å²) in [6.45, 7) is 4.00. The maximum Gasteiger partial charge on any atom is 0.125 e. The zero-order valence-electron chi connectivity index (χ0n) is 9.48. The maximum absolute atomic E-state index is 13.2. The minimum atomic E-state index is -0.175. The van der Waals surface area contributed by atoms with Crippen LogP contribution in [0.15, 0.2) is 22.8 Å². The molecule has 1 aromatic heterocycles. The van der Waals surface area contributed by atoms with E-state index < -0.39 is 0 Å². The van der Waals surface area contributed by atoms with Gasteiger partial charge >= 0.3 is 0 Å². The van der Waals surface area contributed by atoms with Crippen LogP contribution in [0.5, 0.6) is 0 Å². The third-order valence-corrected chi connectivity index (χ3v) is 3.38. The number of nitrogens with one attached hydrogen (secondary N) is 1. The SMILES string of the molecule is CC.Fc1cc(Br)c2[nH]cc(C3CC3)c2c1. The van der Waals surface area contributed by atoms with Crippen molar-refractivity contribution >= 4 is 26.8 Å². The van der Waals surface area contributed by atoms with Crippen molar-refractivity contribution in [2.45, 2.75) is 32.6 Å². The van der Waals surface area contributed by atoms with Crippen molar-refractivity contribution in [1.29, 1.82) is 0 Å². The molecule has 3 heteroatoms. The zero-order valence-corrected chi connectivity index (χ0v) is 11.1. The predicted octanol–water partition coefficient (Wildman–Crippen LogP) is 4.97.